The molecule has 1 N–H and O–H groups in total. The van der Waals surface area contributed by atoms with Gasteiger partial charge < -0.3 is 14.6 Å². The van der Waals surface area contributed by atoms with Crippen molar-refractivity contribution in [3.63, 3.8) is 0 Å². The molecule has 132 valence electrons. The first-order chi connectivity index (χ1) is 12.7. The average Bonchev–Trinajstić information content (AvgIpc) is 3.10. The number of carbonyl (C=O) groups excluding carboxylic acids is 1. The van der Waals surface area contributed by atoms with Crippen molar-refractivity contribution in [3.05, 3.63) is 71.6 Å². The minimum Gasteiger partial charge on any atom is -0.472 e. The van der Waals surface area contributed by atoms with E-state index in [-0.39, 0.29) is 5.91 Å². The van der Waals surface area contributed by atoms with E-state index in [0.29, 0.717) is 31.5 Å². The van der Waals surface area contributed by atoms with Crippen LogP contribution in [0.25, 0.3) is 0 Å². The highest BCUT2D eigenvalue weighted by atomic mass is 16.3. The van der Waals surface area contributed by atoms with Crippen LogP contribution in [0.1, 0.15) is 27.2 Å². The first-order valence-electron chi connectivity index (χ1n) is 8.68. The van der Waals surface area contributed by atoms with Crippen LogP contribution in [0.2, 0.25) is 0 Å². The Kier molecular flexibility index (Phi) is 4.39. The number of anilines is 2. The Balaban J connectivity index is 1.54. The van der Waals surface area contributed by atoms with Gasteiger partial charge in [0.05, 0.1) is 17.5 Å². The average molecular weight is 348 g/mol. The molecule has 0 aliphatic carbocycles. The zero-order chi connectivity index (χ0) is 17.9. The Morgan fingerprint density at radius 2 is 1.92 bits per heavy atom. The maximum atomic E-state index is 12.6. The van der Waals surface area contributed by atoms with Crippen LogP contribution in [0.15, 0.2) is 53.6 Å². The number of aryl methyl sites for hydroxylation is 1. The highest BCUT2D eigenvalue weighted by Crippen LogP contribution is 2.24. The topological polar surface area (TPSA) is 71.3 Å². The summed E-state index contributed by atoms with van der Waals surface area (Å²) in [4.78, 5) is 23.3. The molecule has 2 aromatic heterocycles. The van der Waals surface area contributed by atoms with Gasteiger partial charge in [0.2, 0.25) is 0 Å². The Morgan fingerprint density at radius 1 is 1.12 bits per heavy atom. The Hall–Kier alpha value is -3.15. The molecule has 6 nitrogen and oxygen atoms in total. The number of nitrogens with zero attached hydrogens (tertiary/aromatic N) is 3. The smallest absolute Gasteiger partial charge is 0.257 e. The van der Waals surface area contributed by atoms with Crippen LogP contribution in [0.4, 0.5) is 11.5 Å². The van der Waals surface area contributed by atoms with Gasteiger partial charge in [0.15, 0.2) is 0 Å². The van der Waals surface area contributed by atoms with Crippen LogP contribution in [-0.2, 0) is 12.8 Å². The third-order valence-electron chi connectivity index (χ3n) is 4.65. The Bertz CT molecular complexity index is 904. The number of fused-ring (bicyclic) bond motifs is 1. The van der Waals surface area contributed by atoms with Gasteiger partial charge in [-0.15, -0.1) is 0 Å². The fourth-order valence-corrected chi connectivity index (χ4v) is 3.18. The molecule has 6 heteroatoms. The van der Waals surface area contributed by atoms with E-state index in [4.69, 9.17) is 4.42 Å². The highest BCUT2D eigenvalue weighted by molar-refractivity contribution is 5.93. The first-order valence-corrected chi connectivity index (χ1v) is 8.68. The van der Waals surface area contributed by atoms with Gasteiger partial charge in [0.1, 0.15) is 18.4 Å². The van der Waals surface area contributed by atoms with Crippen LogP contribution in [-0.4, -0.2) is 33.9 Å². The fraction of sp³-hybridized carbons (Fsp3) is 0.250. The normalized spacial score (nSPS) is 13.8. The summed E-state index contributed by atoms with van der Waals surface area (Å²) in [5, 5.41) is 3.39. The van der Waals surface area contributed by atoms with Crippen molar-refractivity contribution in [1.82, 2.24) is 14.9 Å². The summed E-state index contributed by atoms with van der Waals surface area (Å²) in [7, 11) is 0. The quantitative estimate of drug-likeness (QED) is 0.786. The third kappa shape index (κ3) is 3.31. The van der Waals surface area contributed by atoms with Crippen molar-refractivity contribution in [2.45, 2.75) is 19.8 Å². The summed E-state index contributed by atoms with van der Waals surface area (Å²) in [5.41, 5.74) is 4.87. The van der Waals surface area contributed by atoms with E-state index in [1.807, 2.05) is 17.0 Å². The predicted molar refractivity (Wildman–Crippen MR) is 98.5 cm³/mol. The number of nitrogens with one attached hydrogen (secondary N) is 1. The number of rotatable bonds is 3. The number of amides is 1. The molecule has 3 heterocycles. The summed E-state index contributed by atoms with van der Waals surface area (Å²) in [6.45, 7) is 3.33. The maximum absolute atomic E-state index is 12.6. The number of aromatic nitrogens is 2. The van der Waals surface area contributed by atoms with Crippen molar-refractivity contribution in [2.24, 2.45) is 0 Å². The zero-order valence-electron chi connectivity index (χ0n) is 14.6. The SMILES string of the molecule is Cc1ccc(Nc2ncnc3c2CCN(C(=O)c2ccoc2)CC3)cc1. The molecule has 1 aliphatic rings. The molecule has 0 unspecified atom stereocenters. The van der Waals surface area contributed by atoms with Crippen LogP contribution < -0.4 is 5.32 Å². The minimum atomic E-state index is -0.00689. The second-order valence-electron chi connectivity index (χ2n) is 6.44. The maximum Gasteiger partial charge on any atom is 0.257 e. The molecule has 1 amide bonds. The fourth-order valence-electron chi connectivity index (χ4n) is 3.18. The Morgan fingerprint density at radius 3 is 2.69 bits per heavy atom. The highest BCUT2D eigenvalue weighted by Gasteiger charge is 2.23. The molecule has 0 saturated heterocycles. The monoisotopic (exact) mass is 348 g/mol. The first kappa shape index (κ1) is 16.3. The molecule has 0 atom stereocenters. The molecule has 4 rings (SSSR count). The lowest BCUT2D eigenvalue weighted by Gasteiger charge is -2.19. The lowest BCUT2D eigenvalue weighted by Crippen LogP contribution is -2.33. The van der Waals surface area contributed by atoms with Crippen LogP contribution in [0.3, 0.4) is 0 Å². The van der Waals surface area contributed by atoms with Gasteiger partial charge in [0.25, 0.3) is 5.91 Å². The standard InChI is InChI=1S/C20H20N4O2/c1-14-2-4-16(5-3-14)23-19-17-6-9-24(10-7-18(17)21-13-22-19)20(25)15-8-11-26-12-15/h2-5,8,11-13H,6-7,9-10H2,1H3,(H,21,22,23). The number of hydrogen-bond acceptors (Lipinski definition) is 5. The number of furan rings is 1. The van der Waals surface area contributed by atoms with E-state index >= 15 is 0 Å². The van der Waals surface area contributed by atoms with Crippen molar-refractivity contribution < 1.29 is 9.21 Å². The van der Waals surface area contributed by atoms with Crippen molar-refractivity contribution >= 4 is 17.4 Å². The minimum absolute atomic E-state index is 0.00689. The van der Waals surface area contributed by atoms with Crippen molar-refractivity contribution in [2.75, 3.05) is 18.4 Å². The summed E-state index contributed by atoms with van der Waals surface area (Å²) in [6.07, 6.45) is 6.03. The van der Waals surface area contributed by atoms with E-state index in [1.54, 1.807) is 12.4 Å². The number of carbonyl (C=O) groups is 1. The van der Waals surface area contributed by atoms with Gasteiger partial charge >= 0.3 is 0 Å². The second kappa shape index (κ2) is 7.00. The molecular weight excluding hydrogens is 328 g/mol. The second-order valence-corrected chi connectivity index (χ2v) is 6.44. The lowest BCUT2D eigenvalue weighted by molar-refractivity contribution is 0.0762. The molecule has 26 heavy (non-hydrogen) atoms. The van der Waals surface area contributed by atoms with E-state index in [9.17, 15) is 4.79 Å². The van der Waals surface area contributed by atoms with E-state index in [2.05, 4.69) is 34.3 Å². The van der Waals surface area contributed by atoms with E-state index in [1.165, 1.54) is 18.1 Å². The van der Waals surface area contributed by atoms with E-state index < -0.39 is 0 Å². The van der Waals surface area contributed by atoms with E-state index in [0.717, 1.165) is 22.8 Å². The zero-order valence-corrected chi connectivity index (χ0v) is 14.6. The van der Waals surface area contributed by atoms with Gasteiger partial charge in [-0.05, 0) is 31.5 Å². The molecule has 0 radical (unpaired) electrons. The molecular formula is C20H20N4O2. The van der Waals surface area contributed by atoms with Crippen molar-refractivity contribution in [3.8, 4) is 0 Å². The molecule has 1 aliphatic heterocycles. The predicted octanol–water partition coefficient (Wildman–Crippen LogP) is 3.36. The number of benzene rings is 1. The molecule has 0 bridgehead atoms. The largest absolute Gasteiger partial charge is 0.472 e. The summed E-state index contributed by atoms with van der Waals surface area (Å²) < 4.78 is 5.03. The van der Waals surface area contributed by atoms with Crippen LogP contribution in [0.5, 0.6) is 0 Å². The lowest BCUT2D eigenvalue weighted by atomic mass is 10.1. The Labute approximate surface area is 151 Å². The van der Waals surface area contributed by atoms with Gasteiger partial charge in [-0.25, -0.2) is 9.97 Å². The van der Waals surface area contributed by atoms with Crippen molar-refractivity contribution in [1.29, 1.82) is 0 Å². The third-order valence-corrected chi connectivity index (χ3v) is 4.65. The van der Waals surface area contributed by atoms with Crippen LogP contribution >= 0.6 is 0 Å². The molecule has 0 saturated carbocycles. The van der Waals surface area contributed by atoms with Crippen LogP contribution in [0, 0.1) is 6.92 Å². The van der Waals surface area contributed by atoms with Gasteiger partial charge in [-0.3, -0.25) is 4.79 Å². The molecule has 0 fully saturated rings. The van der Waals surface area contributed by atoms with Gasteiger partial charge in [-0.1, -0.05) is 17.7 Å². The summed E-state index contributed by atoms with van der Waals surface area (Å²) in [5.74, 6) is 0.809. The van der Waals surface area contributed by atoms with Gasteiger partial charge in [-0.2, -0.15) is 0 Å². The molecule has 1 aromatic carbocycles. The number of hydrogen-bond donors (Lipinski definition) is 1. The summed E-state index contributed by atoms with van der Waals surface area (Å²) in [6, 6.07) is 9.90. The molecule has 3 aromatic rings. The molecule has 0 spiro atoms. The van der Waals surface area contributed by atoms with Gasteiger partial charge in [0, 0.05) is 30.8 Å². The summed E-state index contributed by atoms with van der Waals surface area (Å²) >= 11 is 0.